The third-order valence-electron chi connectivity index (χ3n) is 5.32. The van der Waals surface area contributed by atoms with Gasteiger partial charge in [-0.05, 0) is 35.1 Å². The van der Waals surface area contributed by atoms with Gasteiger partial charge in [0, 0.05) is 33.2 Å². The molecule has 31 heavy (non-hydrogen) atoms. The molecule has 2 aromatic carbocycles. The highest BCUT2D eigenvalue weighted by molar-refractivity contribution is 7.89. The number of halogens is 3. The fraction of sp³-hybridized carbons (Fsp3) is 0.368. The van der Waals surface area contributed by atoms with Crippen LogP contribution in [0.4, 0.5) is 13.2 Å². The molecule has 1 aliphatic rings. The summed E-state index contributed by atoms with van der Waals surface area (Å²) in [5.41, 5.74) is 0. The molecule has 0 saturated carbocycles. The lowest BCUT2D eigenvalue weighted by Crippen LogP contribution is -2.48. The second-order valence-electron chi connectivity index (χ2n) is 7.33. The molecule has 1 aromatic heterocycles. The van der Waals surface area contributed by atoms with E-state index in [0.29, 0.717) is 13.1 Å². The smallest absolute Gasteiger partial charge is 0.299 e. The molecule has 1 saturated heterocycles. The van der Waals surface area contributed by atoms with E-state index in [-0.39, 0.29) is 29.4 Å². The van der Waals surface area contributed by atoms with Crippen molar-refractivity contribution in [2.75, 3.05) is 26.2 Å². The van der Waals surface area contributed by atoms with Gasteiger partial charge in [-0.1, -0.05) is 30.3 Å². The maximum Gasteiger partial charge on any atom is 0.451 e. The van der Waals surface area contributed by atoms with Gasteiger partial charge in [-0.25, -0.2) is 13.1 Å². The van der Waals surface area contributed by atoms with Crippen molar-refractivity contribution in [2.24, 2.45) is 7.05 Å². The minimum atomic E-state index is -4.60. The highest BCUT2D eigenvalue weighted by atomic mass is 32.2. The Hall–Kier alpha value is -2.28. The zero-order valence-electron chi connectivity index (χ0n) is 16.6. The van der Waals surface area contributed by atoms with Gasteiger partial charge in [0.25, 0.3) is 0 Å². The summed E-state index contributed by atoms with van der Waals surface area (Å²) in [6.07, 6.45) is -4.60. The van der Waals surface area contributed by atoms with E-state index in [1.165, 1.54) is 11.4 Å². The van der Waals surface area contributed by atoms with Crippen molar-refractivity contribution in [3.05, 3.63) is 53.1 Å². The number of sulfonamides is 1. The molecule has 7 nitrogen and oxygen atoms in total. The second-order valence-corrected chi connectivity index (χ2v) is 9.64. The topological polar surface area (TPSA) is 63.4 Å². The summed E-state index contributed by atoms with van der Waals surface area (Å²) in [5, 5.41) is 5.39. The van der Waals surface area contributed by atoms with E-state index in [4.69, 9.17) is 12.2 Å². The number of fused-ring (bicyclic) bond motifs is 1. The van der Waals surface area contributed by atoms with E-state index in [1.54, 1.807) is 18.2 Å². The molecule has 4 rings (SSSR count). The number of alkyl halides is 3. The van der Waals surface area contributed by atoms with Crippen molar-refractivity contribution >= 4 is 33.0 Å². The largest absolute Gasteiger partial charge is 0.451 e. The lowest BCUT2D eigenvalue weighted by molar-refractivity contribution is -0.147. The first kappa shape index (κ1) is 21.9. The molecule has 0 unspecified atom stereocenters. The van der Waals surface area contributed by atoms with E-state index < -0.39 is 22.0 Å². The normalized spacial score (nSPS) is 16.8. The summed E-state index contributed by atoms with van der Waals surface area (Å²) in [7, 11) is -2.44. The molecule has 0 radical (unpaired) electrons. The van der Waals surface area contributed by atoms with Crippen molar-refractivity contribution in [3.63, 3.8) is 0 Å². The first-order chi connectivity index (χ1) is 14.6. The molecule has 2 heterocycles. The molecular formula is C19H20F3N5O2S2. The number of rotatable bonds is 4. The first-order valence-electron chi connectivity index (χ1n) is 9.50. The molecule has 0 N–H and O–H groups in total. The fourth-order valence-electron chi connectivity index (χ4n) is 3.60. The Labute approximate surface area is 182 Å². The molecule has 0 spiro atoms. The number of hydrogen-bond acceptors (Lipinski definition) is 5. The molecule has 0 amide bonds. The Bertz CT molecular complexity index is 1280. The summed E-state index contributed by atoms with van der Waals surface area (Å²) in [6.45, 7) is 1.22. The van der Waals surface area contributed by atoms with Crippen LogP contribution in [0.3, 0.4) is 0 Å². The number of aromatic nitrogens is 3. The average molecular weight is 472 g/mol. The van der Waals surface area contributed by atoms with Gasteiger partial charge in [0.15, 0.2) is 4.77 Å². The Kier molecular flexibility index (Phi) is 5.66. The standard InChI is InChI=1S/C19H20F3N5O2S2/c1-24-17(19(20,21)22)23-27(18(24)30)13-25-8-10-26(11-9-25)31(28,29)16-7-6-14-4-2-3-5-15(14)12-16/h2-7,12H,8-11,13H2,1H3. The minimum absolute atomic E-state index is 0.0430. The quantitative estimate of drug-likeness (QED) is 0.548. The first-order valence-corrected chi connectivity index (χ1v) is 11.3. The van der Waals surface area contributed by atoms with E-state index >= 15 is 0 Å². The number of benzene rings is 2. The molecule has 12 heteroatoms. The summed E-state index contributed by atoms with van der Waals surface area (Å²) < 4.78 is 68.5. The summed E-state index contributed by atoms with van der Waals surface area (Å²) in [5.74, 6) is -1.06. The number of hydrogen-bond donors (Lipinski definition) is 0. The maximum atomic E-state index is 13.1. The van der Waals surface area contributed by atoms with Crippen molar-refractivity contribution < 1.29 is 21.6 Å². The third-order valence-corrected chi connectivity index (χ3v) is 7.70. The number of nitrogens with zero attached hydrogens (tertiary/aromatic N) is 5. The van der Waals surface area contributed by atoms with Crippen LogP contribution in [-0.4, -0.2) is 58.1 Å². The lowest BCUT2D eigenvalue weighted by Gasteiger charge is -2.33. The van der Waals surface area contributed by atoms with Crippen LogP contribution in [0.2, 0.25) is 0 Å². The van der Waals surface area contributed by atoms with Crippen molar-refractivity contribution in [2.45, 2.75) is 17.7 Å². The van der Waals surface area contributed by atoms with Gasteiger partial charge in [0.1, 0.15) is 0 Å². The summed E-state index contributed by atoms with van der Waals surface area (Å²) in [6, 6.07) is 12.5. The average Bonchev–Trinajstić information content (AvgIpc) is 3.02. The molecule has 3 aromatic rings. The third kappa shape index (κ3) is 4.25. The summed E-state index contributed by atoms with van der Waals surface area (Å²) >= 11 is 5.07. The van der Waals surface area contributed by atoms with Crippen LogP contribution in [0, 0.1) is 4.77 Å². The maximum absolute atomic E-state index is 13.1. The SMILES string of the molecule is Cn1c(C(F)(F)F)nn(CN2CCN(S(=O)(=O)c3ccc4ccccc4c3)CC2)c1=S. The van der Waals surface area contributed by atoms with Gasteiger partial charge in [-0.2, -0.15) is 17.5 Å². The Morgan fingerprint density at radius 3 is 2.29 bits per heavy atom. The molecule has 166 valence electrons. The minimum Gasteiger partial charge on any atom is -0.299 e. The van der Waals surface area contributed by atoms with E-state index in [9.17, 15) is 21.6 Å². The van der Waals surface area contributed by atoms with Gasteiger partial charge in [-0.15, -0.1) is 5.10 Å². The lowest BCUT2D eigenvalue weighted by atomic mass is 10.1. The van der Waals surface area contributed by atoms with Crippen LogP contribution in [-0.2, 0) is 29.9 Å². The van der Waals surface area contributed by atoms with Crippen molar-refractivity contribution in [1.82, 2.24) is 23.6 Å². The van der Waals surface area contributed by atoms with Gasteiger partial charge < -0.3 is 0 Å². The van der Waals surface area contributed by atoms with Gasteiger partial charge in [-0.3, -0.25) is 9.47 Å². The molecule has 0 bridgehead atoms. The van der Waals surface area contributed by atoms with Crippen LogP contribution < -0.4 is 0 Å². The number of piperazine rings is 1. The van der Waals surface area contributed by atoms with Gasteiger partial charge >= 0.3 is 6.18 Å². The van der Waals surface area contributed by atoms with Gasteiger partial charge in [0.2, 0.25) is 15.8 Å². The summed E-state index contributed by atoms with van der Waals surface area (Å²) in [4.78, 5) is 2.05. The van der Waals surface area contributed by atoms with Crippen molar-refractivity contribution in [3.8, 4) is 0 Å². The Morgan fingerprint density at radius 1 is 1.03 bits per heavy atom. The fourth-order valence-corrected chi connectivity index (χ4v) is 5.25. The Morgan fingerprint density at radius 2 is 1.68 bits per heavy atom. The molecule has 1 aliphatic heterocycles. The second kappa shape index (κ2) is 8.01. The zero-order valence-corrected chi connectivity index (χ0v) is 18.2. The molecule has 0 atom stereocenters. The van der Waals surface area contributed by atoms with E-state index in [1.807, 2.05) is 29.2 Å². The molecule has 1 fully saturated rings. The predicted molar refractivity (Wildman–Crippen MR) is 111 cm³/mol. The van der Waals surface area contributed by atoms with Crippen LogP contribution in [0.5, 0.6) is 0 Å². The molecule has 0 aliphatic carbocycles. The van der Waals surface area contributed by atoms with Gasteiger partial charge in [0.05, 0.1) is 11.6 Å². The highest BCUT2D eigenvalue weighted by Gasteiger charge is 2.37. The van der Waals surface area contributed by atoms with Crippen molar-refractivity contribution in [1.29, 1.82) is 0 Å². The predicted octanol–water partition coefficient (Wildman–Crippen LogP) is 3.09. The monoisotopic (exact) mass is 471 g/mol. The highest BCUT2D eigenvalue weighted by Crippen LogP contribution is 2.28. The van der Waals surface area contributed by atoms with Crippen LogP contribution in [0.15, 0.2) is 47.4 Å². The zero-order chi connectivity index (χ0) is 22.4. The Balaban J connectivity index is 1.46. The van der Waals surface area contributed by atoms with E-state index in [2.05, 4.69) is 5.10 Å². The van der Waals surface area contributed by atoms with Crippen LogP contribution in [0.25, 0.3) is 10.8 Å². The molecular weight excluding hydrogens is 451 g/mol. The van der Waals surface area contributed by atoms with Crippen LogP contribution in [0.1, 0.15) is 5.82 Å². The van der Waals surface area contributed by atoms with E-state index in [0.717, 1.165) is 20.0 Å². The van der Waals surface area contributed by atoms with Crippen LogP contribution >= 0.6 is 12.2 Å².